The van der Waals surface area contributed by atoms with Gasteiger partial charge in [-0.15, -0.1) is 0 Å². The highest BCUT2D eigenvalue weighted by Gasteiger charge is 2.27. The number of nitrogens with two attached hydrogens (primary N) is 1. The first-order valence-electron chi connectivity index (χ1n) is 8.19. The van der Waals surface area contributed by atoms with E-state index in [0.29, 0.717) is 11.8 Å². The van der Waals surface area contributed by atoms with Gasteiger partial charge in [-0.05, 0) is 18.9 Å². The zero-order chi connectivity index (χ0) is 16.7. The number of nitrogen functional groups attached to an aromatic ring is 1. The van der Waals surface area contributed by atoms with Crippen LogP contribution in [0.2, 0.25) is 0 Å². The third kappa shape index (κ3) is 2.44. The molecular weight excluding hydrogens is 304 g/mol. The maximum Gasteiger partial charge on any atom is 0.256 e. The fourth-order valence-corrected chi connectivity index (χ4v) is 3.56. The van der Waals surface area contributed by atoms with E-state index in [0.717, 1.165) is 48.1 Å². The van der Waals surface area contributed by atoms with Gasteiger partial charge in [-0.1, -0.05) is 23.4 Å². The van der Waals surface area contributed by atoms with E-state index in [2.05, 4.69) is 5.16 Å². The average Bonchev–Trinajstić information content (AvgIpc) is 3.19. The number of likely N-dealkylation sites (tertiary alicyclic amines) is 1. The minimum Gasteiger partial charge on any atom is -0.368 e. The molecule has 3 heterocycles. The van der Waals surface area contributed by atoms with Crippen molar-refractivity contribution in [3.8, 4) is 0 Å². The molecule has 1 aromatic carbocycles. The lowest BCUT2D eigenvalue weighted by atomic mass is 9.93. The molecular formula is C18H20N4O2. The first-order chi connectivity index (χ1) is 11.6. The van der Waals surface area contributed by atoms with Gasteiger partial charge in [0.15, 0.2) is 0 Å². The molecule has 1 aliphatic heterocycles. The highest BCUT2D eigenvalue weighted by Crippen LogP contribution is 2.30. The molecule has 0 spiro atoms. The van der Waals surface area contributed by atoms with Gasteiger partial charge in [-0.25, -0.2) is 0 Å². The van der Waals surface area contributed by atoms with Crippen LogP contribution < -0.4 is 5.73 Å². The Labute approximate surface area is 139 Å². The Morgan fingerprint density at radius 3 is 2.75 bits per heavy atom. The molecule has 2 N–H and O–H groups in total. The molecule has 124 valence electrons. The number of nitrogens with zero attached hydrogens (tertiary/aromatic N) is 3. The number of benzene rings is 1. The van der Waals surface area contributed by atoms with Crippen LogP contribution in [0.1, 0.15) is 34.8 Å². The number of aromatic nitrogens is 2. The Balaban J connectivity index is 1.52. The number of hydrogen-bond acceptors (Lipinski definition) is 4. The second kappa shape index (κ2) is 5.70. The van der Waals surface area contributed by atoms with Crippen LogP contribution in [-0.4, -0.2) is 33.6 Å². The van der Waals surface area contributed by atoms with Crippen LogP contribution in [0, 0.1) is 0 Å². The maximum absolute atomic E-state index is 12.9. The fourth-order valence-electron chi connectivity index (χ4n) is 3.56. The third-order valence-electron chi connectivity index (χ3n) is 4.87. The normalized spacial score (nSPS) is 16.0. The lowest BCUT2D eigenvalue weighted by Gasteiger charge is -2.31. The molecule has 0 radical (unpaired) electrons. The van der Waals surface area contributed by atoms with Crippen molar-refractivity contribution >= 4 is 22.7 Å². The van der Waals surface area contributed by atoms with Crippen LogP contribution in [0.5, 0.6) is 0 Å². The SMILES string of the molecule is Cn1cc(C(=O)N2CCC(c3cc(N)on3)CC2)c2ccccc21. The molecule has 0 saturated carbocycles. The van der Waals surface area contributed by atoms with Gasteiger partial charge in [0.05, 0.1) is 11.3 Å². The van der Waals surface area contributed by atoms with Crippen LogP contribution in [-0.2, 0) is 7.05 Å². The summed E-state index contributed by atoms with van der Waals surface area (Å²) in [6, 6.07) is 9.79. The van der Waals surface area contributed by atoms with Crippen molar-refractivity contribution in [3.05, 3.63) is 47.8 Å². The largest absolute Gasteiger partial charge is 0.368 e. The summed E-state index contributed by atoms with van der Waals surface area (Å²) in [5, 5.41) is 5.02. The molecule has 1 fully saturated rings. The van der Waals surface area contributed by atoms with E-state index in [4.69, 9.17) is 10.3 Å². The number of rotatable bonds is 2. The van der Waals surface area contributed by atoms with Crippen molar-refractivity contribution in [1.82, 2.24) is 14.6 Å². The van der Waals surface area contributed by atoms with Gasteiger partial charge in [-0.3, -0.25) is 4.79 Å². The van der Waals surface area contributed by atoms with Crippen molar-refractivity contribution in [3.63, 3.8) is 0 Å². The zero-order valence-corrected chi connectivity index (χ0v) is 13.6. The summed E-state index contributed by atoms with van der Waals surface area (Å²) in [5.74, 6) is 0.756. The number of carbonyl (C=O) groups excluding carboxylic acids is 1. The predicted octanol–water partition coefficient (Wildman–Crippen LogP) is 2.77. The van der Waals surface area contributed by atoms with Crippen LogP contribution in [0.25, 0.3) is 10.9 Å². The molecule has 0 bridgehead atoms. The van der Waals surface area contributed by atoms with Crippen LogP contribution >= 0.6 is 0 Å². The summed E-state index contributed by atoms with van der Waals surface area (Å²) in [6.45, 7) is 1.44. The van der Waals surface area contributed by atoms with E-state index < -0.39 is 0 Å². The second-order valence-electron chi connectivity index (χ2n) is 6.39. The highest BCUT2D eigenvalue weighted by molar-refractivity contribution is 6.07. The minimum absolute atomic E-state index is 0.102. The summed E-state index contributed by atoms with van der Waals surface area (Å²) in [6.07, 6.45) is 3.68. The minimum atomic E-state index is 0.102. The standard InChI is InChI=1S/C18H20N4O2/c1-21-11-14(13-4-2-3-5-16(13)21)18(23)22-8-6-12(7-9-22)15-10-17(19)24-20-15/h2-5,10-12H,6-9,19H2,1H3. The number of amides is 1. The topological polar surface area (TPSA) is 77.3 Å². The number of fused-ring (bicyclic) bond motifs is 1. The van der Waals surface area contributed by atoms with Crippen LogP contribution in [0.15, 0.2) is 41.1 Å². The number of aryl methyl sites for hydroxylation is 1. The Morgan fingerprint density at radius 2 is 2.04 bits per heavy atom. The smallest absolute Gasteiger partial charge is 0.256 e. The van der Waals surface area contributed by atoms with Crippen molar-refractivity contribution in [2.24, 2.45) is 7.05 Å². The van der Waals surface area contributed by atoms with E-state index in [1.807, 2.05) is 47.0 Å². The summed E-state index contributed by atoms with van der Waals surface area (Å²) in [7, 11) is 1.97. The lowest BCUT2D eigenvalue weighted by molar-refractivity contribution is 0.0713. The molecule has 2 aromatic heterocycles. The third-order valence-corrected chi connectivity index (χ3v) is 4.87. The Hall–Kier alpha value is -2.76. The lowest BCUT2D eigenvalue weighted by Crippen LogP contribution is -2.37. The maximum atomic E-state index is 12.9. The van der Waals surface area contributed by atoms with Crippen LogP contribution in [0.3, 0.4) is 0 Å². The Morgan fingerprint density at radius 1 is 1.29 bits per heavy atom. The first-order valence-corrected chi connectivity index (χ1v) is 8.19. The Bertz CT molecular complexity index is 887. The molecule has 3 aromatic rings. The molecule has 6 heteroatoms. The van der Waals surface area contributed by atoms with Gasteiger partial charge >= 0.3 is 0 Å². The number of piperidine rings is 1. The highest BCUT2D eigenvalue weighted by atomic mass is 16.5. The van der Waals surface area contributed by atoms with Crippen molar-refractivity contribution in [2.75, 3.05) is 18.8 Å². The van der Waals surface area contributed by atoms with E-state index in [1.165, 1.54) is 0 Å². The number of carbonyl (C=O) groups is 1. The van der Waals surface area contributed by atoms with Crippen molar-refractivity contribution < 1.29 is 9.32 Å². The first kappa shape index (κ1) is 14.8. The van der Waals surface area contributed by atoms with Gasteiger partial charge in [0, 0.05) is 49.2 Å². The monoisotopic (exact) mass is 324 g/mol. The number of para-hydroxylation sites is 1. The molecule has 4 rings (SSSR count). The van der Waals surface area contributed by atoms with Gasteiger partial charge in [0.2, 0.25) is 5.88 Å². The van der Waals surface area contributed by atoms with E-state index in [1.54, 1.807) is 6.07 Å². The number of hydrogen-bond donors (Lipinski definition) is 1. The van der Waals surface area contributed by atoms with Gasteiger partial charge in [0.1, 0.15) is 0 Å². The molecule has 0 atom stereocenters. The molecule has 1 aliphatic rings. The molecule has 0 aliphatic carbocycles. The molecule has 1 saturated heterocycles. The van der Waals surface area contributed by atoms with E-state index >= 15 is 0 Å². The summed E-state index contributed by atoms with van der Waals surface area (Å²) in [4.78, 5) is 14.9. The van der Waals surface area contributed by atoms with Crippen LogP contribution in [0.4, 0.5) is 5.88 Å². The summed E-state index contributed by atoms with van der Waals surface area (Å²) in [5.41, 5.74) is 8.34. The molecule has 0 unspecified atom stereocenters. The van der Waals surface area contributed by atoms with E-state index in [9.17, 15) is 4.79 Å². The average molecular weight is 324 g/mol. The van der Waals surface area contributed by atoms with E-state index in [-0.39, 0.29) is 5.91 Å². The van der Waals surface area contributed by atoms with Gasteiger partial charge in [0.25, 0.3) is 5.91 Å². The van der Waals surface area contributed by atoms with Crippen molar-refractivity contribution in [1.29, 1.82) is 0 Å². The molecule has 24 heavy (non-hydrogen) atoms. The number of anilines is 1. The van der Waals surface area contributed by atoms with Gasteiger partial charge < -0.3 is 19.7 Å². The second-order valence-corrected chi connectivity index (χ2v) is 6.39. The van der Waals surface area contributed by atoms with Crippen molar-refractivity contribution in [2.45, 2.75) is 18.8 Å². The zero-order valence-electron chi connectivity index (χ0n) is 13.6. The molecule has 1 amide bonds. The summed E-state index contributed by atoms with van der Waals surface area (Å²) >= 11 is 0. The quantitative estimate of drug-likeness (QED) is 0.786. The molecule has 6 nitrogen and oxygen atoms in total. The van der Waals surface area contributed by atoms with Gasteiger partial charge in [-0.2, -0.15) is 0 Å². The summed E-state index contributed by atoms with van der Waals surface area (Å²) < 4.78 is 6.96. The Kier molecular flexibility index (Phi) is 3.52. The predicted molar refractivity (Wildman–Crippen MR) is 91.7 cm³/mol. The fraction of sp³-hybridized carbons (Fsp3) is 0.333.